The molecule has 0 bridgehead atoms. The summed E-state index contributed by atoms with van der Waals surface area (Å²) in [5, 5.41) is 2.64. The fourth-order valence-corrected chi connectivity index (χ4v) is 2.22. The molecule has 6 heteroatoms. The van der Waals surface area contributed by atoms with Crippen molar-refractivity contribution in [2.45, 2.75) is 6.54 Å². The number of carbonyl (C=O) groups excluding carboxylic acids is 1. The van der Waals surface area contributed by atoms with E-state index in [1.54, 1.807) is 30.3 Å². The van der Waals surface area contributed by atoms with Gasteiger partial charge in [-0.2, -0.15) is 0 Å². The van der Waals surface area contributed by atoms with E-state index in [0.717, 1.165) is 4.47 Å². The first-order chi connectivity index (χ1) is 10.0. The minimum atomic E-state index is -0.384. The summed E-state index contributed by atoms with van der Waals surface area (Å²) < 4.78 is 19.4. The van der Waals surface area contributed by atoms with Gasteiger partial charge in [0, 0.05) is 22.3 Å². The Labute approximate surface area is 130 Å². The van der Waals surface area contributed by atoms with Crippen molar-refractivity contribution < 1.29 is 13.9 Å². The highest BCUT2D eigenvalue weighted by Gasteiger charge is 2.12. The van der Waals surface area contributed by atoms with Gasteiger partial charge in [0.15, 0.2) is 0 Å². The van der Waals surface area contributed by atoms with Gasteiger partial charge in [0.1, 0.15) is 11.6 Å². The molecule has 0 spiro atoms. The van der Waals surface area contributed by atoms with Gasteiger partial charge in [-0.1, -0.05) is 15.9 Å². The van der Waals surface area contributed by atoms with E-state index in [1.807, 2.05) is 0 Å². The van der Waals surface area contributed by atoms with Crippen LogP contribution in [0, 0.1) is 5.82 Å². The Morgan fingerprint density at radius 3 is 2.81 bits per heavy atom. The first kappa shape index (κ1) is 15.3. The summed E-state index contributed by atoms with van der Waals surface area (Å²) >= 11 is 3.26. The number of rotatable bonds is 4. The van der Waals surface area contributed by atoms with Gasteiger partial charge in [-0.3, -0.25) is 4.79 Å². The zero-order chi connectivity index (χ0) is 15.4. The Balaban J connectivity index is 2.13. The number of anilines is 1. The number of benzene rings is 2. The average Bonchev–Trinajstić information content (AvgIpc) is 2.48. The summed E-state index contributed by atoms with van der Waals surface area (Å²) in [6, 6.07) is 9.35. The zero-order valence-corrected chi connectivity index (χ0v) is 12.9. The van der Waals surface area contributed by atoms with E-state index in [0.29, 0.717) is 22.6 Å². The van der Waals surface area contributed by atoms with Gasteiger partial charge in [0.25, 0.3) is 5.91 Å². The molecule has 0 radical (unpaired) electrons. The summed E-state index contributed by atoms with van der Waals surface area (Å²) in [6.45, 7) is 0.0702. The Bertz CT molecular complexity index is 677. The van der Waals surface area contributed by atoms with Crippen molar-refractivity contribution in [1.29, 1.82) is 0 Å². The molecule has 0 fully saturated rings. The van der Waals surface area contributed by atoms with Gasteiger partial charge < -0.3 is 15.8 Å². The van der Waals surface area contributed by atoms with Crippen molar-refractivity contribution in [2.24, 2.45) is 0 Å². The molecule has 0 saturated carbocycles. The molecule has 0 atom stereocenters. The fraction of sp³-hybridized carbons (Fsp3) is 0.133. The third-order valence-electron chi connectivity index (χ3n) is 2.95. The molecule has 0 aliphatic heterocycles. The normalized spacial score (nSPS) is 10.2. The van der Waals surface area contributed by atoms with Crippen LogP contribution in [0.4, 0.5) is 10.1 Å². The van der Waals surface area contributed by atoms with Crippen LogP contribution in [-0.2, 0) is 6.54 Å². The number of ether oxygens (including phenoxy) is 1. The molecule has 4 nitrogen and oxygen atoms in total. The van der Waals surface area contributed by atoms with Crippen LogP contribution in [0.3, 0.4) is 0 Å². The number of halogens is 2. The number of hydrogen-bond acceptors (Lipinski definition) is 3. The molecule has 0 aromatic heterocycles. The fourth-order valence-electron chi connectivity index (χ4n) is 1.81. The molecule has 0 aliphatic carbocycles. The smallest absolute Gasteiger partial charge is 0.253 e. The molecule has 21 heavy (non-hydrogen) atoms. The third kappa shape index (κ3) is 3.72. The van der Waals surface area contributed by atoms with Crippen molar-refractivity contribution >= 4 is 27.5 Å². The quantitative estimate of drug-likeness (QED) is 0.831. The molecule has 2 aromatic carbocycles. The Kier molecular flexibility index (Phi) is 4.80. The first-order valence-electron chi connectivity index (χ1n) is 6.17. The lowest BCUT2D eigenvalue weighted by atomic mass is 10.1. The van der Waals surface area contributed by atoms with Crippen molar-refractivity contribution in [2.75, 3.05) is 12.8 Å². The largest absolute Gasteiger partial charge is 0.497 e. The van der Waals surface area contributed by atoms with Crippen molar-refractivity contribution in [1.82, 2.24) is 5.32 Å². The van der Waals surface area contributed by atoms with E-state index < -0.39 is 0 Å². The maximum Gasteiger partial charge on any atom is 0.253 e. The summed E-state index contributed by atoms with van der Waals surface area (Å²) in [5.74, 6) is -0.231. The molecule has 2 aromatic rings. The molecular formula is C15H14BrFN2O2. The average molecular weight is 353 g/mol. The molecule has 0 unspecified atom stereocenters. The summed E-state index contributed by atoms with van der Waals surface area (Å²) in [4.78, 5) is 12.1. The van der Waals surface area contributed by atoms with Crippen LogP contribution in [0.5, 0.6) is 5.75 Å². The van der Waals surface area contributed by atoms with Gasteiger partial charge in [-0.15, -0.1) is 0 Å². The van der Waals surface area contributed by atoms with Gasteiger partial charge in [0.2, 0.25) is 0 Å². The molecule has 0 heterocycles. The maximum atomic E-state index is 13.6. The highest BCUT2D eigenvalue weighted by molar-refractivity contribution is 9.10. The number of nitrogens with two attached hydrogens (primary N) is 1. The standard InChI is InChI=1S/C15H14BrFN2O2/c1-21-11-3-5-14(18)12(7-11)15(20)19-8-9-6-10(16)2-4-13(9)17/h2-7H,8,18H2,1H3,(H,19,20). The molecule has 3 N–H and O–H groups in total. The van der Waals surface area contributed by atoms with Gasteiger partial charge >= 0.3 is 0 Å². The highest BCUT2D eigenvalue weighted by Crippen LogP contribution is 2.20. The number of nitrogen functional groups attached to an aromatic ring is 1. The zero-order valence-electron chi connectivity index (χ0n) is 11.3. The molecular weight excluding hydrogens is 339 g/mol. The summed E-state index contributed by atoms with van der Waals surface area (Å²) in [6.07, 6.45) is 0. The second-order valence-corrected chi connectivity index (χ2v) is 5.29. The van der Waals surface area contributed by atoms with Crippen LogP contribution in [0.15, 0.2) is 40.9 Å². The molecule has 0 saturated heterocycles. The number of methoxy groups -OCH3 is 1. The minimum Gasteiger partial charge on any atom is -0.497 e. The number of hydrogen-bond donors (Lipinski definition) is 2. The SMILES string of the molecule is COc1ccc(N)c(C(=O)NCc2cc(Br)ccc2F)c1. The van der Waals surface area contributed by atoms with Gasteiger partial charge in [-0.05, 0) is 36.4 Å². The third-order valence-corrected chi connectivity index (χ3v) is 3.45. The summed E-state index contributed by atoms with van der Waals surface area (Å²) in [5.41, 5.74) is 6.79. The monoisotopic (exact) mass is 352 g/mol. The van der Waals surface area contributed by atoms with Crippen LogP contribution in [0.25, 0.3) is 0 Å². The molecule has 1 amide bonds. The second kappa shape index (κ2) is 6.58. The molecule has 110 valence electrons. The van der Waals surface area contributed by atoms with E-state index in [1.165, 1.54) is 13.2 Å². The maximum absolute atomic E-state index is 13.6. The van der Waals surface area contributed by atoms with Crippen LogP contribution >= 0.6 is 15.9 Å². The highest BCUT2D eigenvalue weighted by atomic mass is 79.9. The summed E-state index contributed by atoms with van der Waals surface area (Å²) in [7, 11) is 1.50. The Morgan fingerprint density at radius 1 is 1.33 bits per heavy atom. The van der Waals surface area contributed by atoms with Crippen molar-refractivity contribution in [3.8, 4) is 5.75 Å². The first-order valence-corrected chi connectivity index (χ1v) is 6.96. The van der Waals surface area contributed by atoms with E-state index in [-0.39, 0.29) is 18.3 Å². The second-order valence-electron chi connectivity index (χ2n) is 4.37. The minimum absolute atomic E-state index is 0.0702. The van der Waals surface area contributed by atoms with Crippen molar-refractivity contribution in [3.05, 3.63) is 57.8 Å². The molecule has 2 rings (SSSR count). The lowest BCUT2D eigenvalue weighted by Crippen LogP contribution is -2.24. The van der Waals surface area contributed by atoms with Gasteiger partial charge in [0.05, 0.1) is 12.7 Å². The number of carbonyl (C=O) groups is 1. The van der Waals surface area contributed by atoms with E-state index in [2.05, 4.69) is 21.2 Å². The number of amides is 1. The Morgan fingerprint density at radius 2 is 2.10 bits per heavy atom. The topological polar surface area (TPSA) is 64.3 Å². The predicted octanol–water partition coefficient (Wildman–Crippen LogP) is 3.11. The van der Waals surface area contributed by atoms with Crippen molar-refractivity contribution in [3.63, 3.8) is 0 Å². The van der Waals surface area contributed by atoms with E-state index in [9.17, 15) is 9.18 Å². The van der Waals surface area contributed by atoms with Crippen LogP contribution in [0.2, 0.25) is 0 Å². The predicted molar refractivity (Wildman–Crippen MR) is 82.7 cm³/mol. The van der Waals surface area contributed by atoms with Crippen LogP contribution < -0.4 is 15.8 Å². The van der Waals surface area contributed by atoms with Crippen LogP contribution in [-0.4, -0.2) is 13.0 Å². The van der Waals surface area contributed by atoms with Gasteiger partial charge in [-0.25, -0.2) is 4.39 Å². The van der Waals surface area contributed by atoms with Crippen LogP contribution in [0.1, 0.15) is 15.9 Å². The number of nitrogens with one attached hydrogen (secondary N) is 1. The van der Waals surface area contributed by atoms with E-state index in [4.69, 9.17) is 10.5 Å². The van der Waals surface area contributed by atoms with E-state index >= 15 is 0 Å². The lowest BCUT2D eigenvalue weighted by molar-refractivity contribution is 0.0951. The lowest BCUT2D eigenvalue weighted by Gasteiger charge is -2.10. The molecule has 0 aliphatic rings. The Hall–Kier alpha value is -2.08.